The third kappa shape index (κ3) is 7.97. The number of methoxy groups -OCH3 is 1. The van der Waals surface area contributed by atoms with Crippen LogP contribution in [-0.2, 0) is 38.0 Å². The van der Waals surface area contributed by atoms with Gasteiger partial charge in [-0.15, -0.1) is 0 Å². The highest BCUT2D eigenvalue weighted by Gasteiger charge is 2.44. The summed E-state index contributed by atoms with van der Waals surface area (Å²) >= 11 is 0. The zero-order chi connectivity index (χ0) is 24.8. The van der Waals surface area contributed by atoms with Crippen molar-refractivity contribution in [3.63, 3.8) is 0 Å². The summed E-state index contributed by atoms with van der Waals surface area (Å²) < 4.78 is 51.6. The molecule has 12 heteroatoms. The lowest BCUT2D eigenvalue weighted by molar-refractivity contribution is -0.169. The summed E-state index contributed by atoms with van der Waals surface area (Å²) in [7, 11) is -2.81. The van der Waals surface area contributed by atoms with Crippen molar-refractivity contribution in [1.82, 2.24) is 5.32 Å². The van der Waals surface area contributed by atoms with Crippen molar-refractivity contribution in [2.75, 3.05) is 27.1 Å². The number of carbonyl (C=O) groups excluding carboxylic acids is 1. The van der Waals surface area contributed by atoms with E-state index < -0.39 is 58.9 Å². The van der Waals surface area contributed by atoms with Crippen LogP contribution in [0.25, 0.3) is 0 Å². The Morgan fingerprint density at radius 2 is 1.88 bits per heavy atom. The summed E-state index contributed by atoms with van der Waals surface area (Å²) in [6, 6.07) is 4.97. The average molecular weight is 492 g/mol. The van der Waals surface area contributed by atoms with E-state index in [1.54, 1.807) is 26.0 Å². The van der Waals surface area contributed by atoms with Crippen molar-refractivity contribution in [3.05, 3.63) is 29.8 Å². The van der Waals surface area contributed by atoms with Crippen molar-refractivity contribution in [2.24, 2.45) is 0 Å². The molecule has 1 aliphatic heterocycles. The van der Waals surface area contributed by atoms with E-state index in [0.29, 0.717) is 0 Å². The predicted molar refractivity (Wildman–Crippen MR) is 116 cm³/mol. The number of amides is 1. The Morgan fingerprint density at radius 3 is 2.39 bits per heavy atom. The van der Waals surface area contributed by atoms with E-state index in [1.807, 2.05) is 6.92 Å². The van der Waals surface area contributed by atoms with Crippen molar-refractivity contribution in [2.45, 2.75) is 68.8 Å². The largest absolute Gasteiger partial charge is 0.388 e. The van der Waals surface area contributed by atoms with E-state index in [9.17, 15) is 23.4 Å². The zero-order valence-electron chi connectivity index (χ0n) is 19.4. The molecule has 0 bridgehead atoms. The first-order valence-corrected chi connectivity index (χ1v) is 11.8. The van der Waals surface area contributed by atoms with Gasteiger partial charge in [-0.1, -0.05) is 17.7 Å². The number of aliphatic hydroxyl groups excluding tert-OH is 2. The smallest absolute Gasteiger partial charge is 0.297 e. The molecule has 0 aliphatic carbocycles. The van der Waals surface area contributed by atoms with Crippen LogP contribution in [-0.4, -0.2) is 87.9 Å². The Labute approximate surface area is 194 Å². The van der Waals surface area contributed by atoms with E-state index in [-0.39, 0.29) is 18.3 Å². The molecule has 1 aromatic rings. The maximum atomic E-state index is 12.5. The van der Waals surface area contributed by atoms with Crippen LogP contribution >= 0.6 is 0 Å². The molecule has 3 N–H and O–H groups in total. The molecule has 1 aromatic carbocycles. The minimum absolute atomic E-state index is 0.0592. The highest BCUT2D eigenvalue weighted by molar-refractivity contribution is 7.86. The quantitative estimate of drug-likeness (QED) is 0.271. The van der Waals surface area contributed by atoms with Crippen LogP contribution in [0.15, 0.2) is 29.2 Å². The van der Waals surface area contributed by atoms with Gasteiger partial charge < -0.3 is 34.5 Å². The standard InChI is InChI=1S/C21H33NO10S/c1-13-6-8-15(9-7-13)33(26,27)31-11-17(29-12-28-5)19(24)20(25)18(22-14(2)23)16-10-30-21(3,4)32-16/h6-9,16-20,24-25H,10-12H2,1-5H3,(H,22,23)/t16?,17-,18-,19-,20-/m1/s1. The molecule has 1 amide bonds. The predicted octanol–water partition coefficient (Wildman–Crippen LogP) is 0.0674. The third-order valence-corrected chi connectivity index (χ3v) is 6.29. The summed E-state index contributed by atoms with van der Waals surface area (Å²) in [6.07, 6.45) is -5.36. The Hall–Kier alpha value is -1.64. The van der Waals surface area contributed by atoms with Gasteiger partial charge in [0.1, 0.15) is 31.2 Å². The molecule has 1 aliphatic rings. The number of nitrogens with one attached hydrogen (secondary N) is 1. The van der Waals surface area contributed by atoms with E-state index in [2.05, 4.69) is 5.32 Å². The molecule has 11 nitrogen and oxygen atoms in total. The number of ether oxygens (including phenoxy) is 4. The lowest BCUT2D eigenvalue weighted by Crippen LogP contribution is -2.58. The van der Waals surface area contributed by atoms with Crippen molar-refractivity contribution >= 4 is 16.0 Å². The SMILES string of the molecule is COCO[C@H](COS(=O)(=O)c1ccc(C)cc1)[C@@H](O)[C@H](O)[C@H](NC(C)=O)C1COC(C)(C)O1. The van der Waals surface area contributed by atoms with Crippen LogP contribution in [0.5, 0.6) is 0 Å². The van der Waals surface area contributed by atoms with Crippen LogP contribution < -0.4 is 5.32 Å². The molecule has 1 saturated heterocycles. The van der Waals surface area contributed by atoms with Gasteiger partial charge in [0.25, 0.3) is 10.1 Å². The van der Waals surface area contributed by atoms with Gasteiger partial charge in [0.2, 0.25) is 5.91 Å². The normalized spacial score (nSPS) is 21.8. The van der Waals surface area contributed by atoms with Gasteiger partial charge in [-0.25, -0.2) is 0 Å². The minimum Gasteiger partial charge on any atom is -0.388 e. The first kappa shape index (κ1) is 27.6. The van der Waals surface area contributed by atoms with Gasteiger partial charge >= 0.3 is 0 Å². The van der Waals surface area contributed by atoms with Gasteiger partial charge in [-0.3, -0.25) is 8.98 Å². The lowest BCUT2D eigenvalue weighted by Gasteiger charge is -2.34. The number of rotatable bonds is 12. The second kappa shape index (κ2) is 11.7. The summed E-state index contributed by atoms with van der Waals surface area (Å²) in [6.45, 7) is 5.56. The maximum Gasteiger partial charge on any atom is 0.297 e. The maximum absolute atomic E-state index is 12.5. The molecule has 0 saturated carbocycles. The molecule has 0 spiro atoms. The monoisotopic (exact) mass is 491 g/mol. The molecule has 188 valence electrons. The fraction of sp³-hybridized carbons (Fsp3) is 0.667. The molecule has 0 aromatic heterocycles. The molecule has 2 rings (SSSR count). The highest BCUT2D eigenvalue weighted by atomic mass is 32.2. The first-order chi connectivity index (χ1) is 15.4. The fourth-order valence-corrected chi connectivity index (χ4v) is 4.21. The van der Waals surface area contributed by atoms with Crippen LogP contribution in [0.1, 0.15) is 26.3 Å². The zero-order valence-corrected chi connectivity index (χ0v) is 20.2. The van der Waals surface area contributed by atoms with Crippen LogP contribution in [0.2, 0.25) is 0 Å². The molecule has 5 atom stereocenters. The van der Waals surface area contributed by atoms with Crippen molar-refractivity contribution in [1.29, 1.82) is 0 Å². The molecule has 1 unspecified atom stereocenters. The fourth-order valence-electron chi connectivity index (χ4n) is 3.29. The van der Waals surface area contributed by atoms with Gasteiger partial charge in [-0.2, -0.15) is 8.42 Å². The Kier molecular flexibility index (Phi) is 9.76. The summed E-state index contributed by atoms with van der Waals surface area (Å²) in [5.74, 6) is -1.41. The van der Waals surface area contributed by atoms with E-state index in [1.165, 1.54) is 26.2 Å². The average Bonchev–Trinajstić information content (AvgIpc) is 3.10. The van der Waals surface area contributed by atoms with Crippen LogP contribution in [0, 0.1) is 6.92 Å². The summed E-state index contributed by atoms with van der Waals surface area (Å²) in [4.78, 5) is 11.7. The van der Waals surface area contributed by atoms with Gasteiger partial charge in [0.15, 0.2) is 5.79 Å². The number of carbonyl (C=O) groups is 1. The summed E-state index contributed by atoms with van der Waals surface area (Å²) in [5.41, 5.74) is 0.874. The molecule has 1 heterocycles. The molecular formula is C21H33NO10S. The molecule has 0 radical (unpaired) electrons. The van der Waals surface area contributed by atoms with Gasteiger partial charge in [0, 0.05) is 14.0 Å². The topological polar surface area (TPSA) is 150 Å². The van der Waals surface area contributed by atoms with E-state index in [4.69, 9.17) is 23.1 Å². The van der Waals surface area contributed by atoms with Crippen molar-refractivity contribution in [3.8, 4) is 0 Å². The Bertz CT molecular complexity index is 874. The molecule has 1 fully saturated rings. The Morgan fingerprint density at radius 1 is 1.24 bits per heavy atom. The lowest BCUT2D eigenvalue weighted by atomic mass is 9.97. The molecular weight excluding hydrogens is 458 g/mol. The second-order valence-corrected chi connectivity index (χ2v) is 9.85. The highest BCUT2D eigenvalue weighted by Crippen LogP contribution is 2.27. The van der Waals surface area contributed by atoms with Gasteiger partial charge in [0.05, 0.1) is 24.2 Å². The second-order valence-electron chi connectivity index (χ2n) is 8.24. The van der Waals surface area contributed by atoms with E-state index >= 15 is 0 Å². The van der Waals surface area contributed by atoms with Crippen LogP contribution in [0.3, 0.4) is 0 Å². The number of aliphatic hydroxyl groups is 2. The first-order valence-electron chi connectivity index (χ1n) is 10.4. The van der Waals surface area contributed by atoms with Gasteiger partial charge in [-0.05, 0) is 32.9 Å². The number of aryl methyl sites for hydroxylation is 1. The number of hydrogen-bond donors (Lipinski definition) is 3. The minimum atomic E-state index is -4.15. The van der Waals surface area contributed by atoms with Crippen LogP contribution in [0.4, 0.5) is 0 Å². The number of hydrogen-bond acceptors (Lipinski definition) is 10. The Balaban J connectivity index is 2.16. The van der Waals surface area contributed by atoms with E-state index in [0.717, 1.165) is 5.56 Å². The molecule has 33 heavy (non-hydrogen) atoms. The number of benzene rings is 1. The van der Waals surface area contributed by atoms with Crippen molar-refractivity contribution < 1.29 is 46.6 Å². The third-order valence-electron chi connectivity index (χ3n) is 5.00. The summed E-state index contributed by atoms with van der Waals surface area (Å²) in [5, 5.41) is 24.3.